The SMILES string of the molecule is O=C(COc1nnc(C(F)(F)F)s1)Nc1ccc(F)cc1. The van der Waals surface area contributed by atoms with Gasteiger partial charge in [0.05, 0.1) is 0 Å². The summed E-state index contributed by atoms with van der Waals surface area (Å²) in [5.41, 5.74) is 0.332. The van der Waals surface area contributed by atoms with Gasteiger partial charge in [-0.3, -0.25) is 4.79 Å². The van der Waals surface area contributed by atoms with Gasteiger partial charge < -0.3 is 10.1 Å². The molecule has 1 aromatic carbocycles. The summed E-state index contributed by atoms with van der Waals surface area (Å²) >= 11 is 0.191. The third kappa shape index (κ3) is 4.38. The van der Waals surface area contributed by atoms with Crippen LogP contribution < -0.4 is 10.1 Å². The first kappa shape index (κ1) is 15.2. The van der Waals surface area contributed by atoms with Crippen molar-refractivity contribution in [2.75, 3.05) is 11.9 Å². The molecule has 1 aromatic heterocycles. The minimum atomic E-state index is -4.60. The molecule has 2 rings (SSSR count). The number of carbonyl (C=O) groups excluding carboxylic acids is 1. The second kappa shape index (κ2) is 6.04. The van der Waals surface area contributed by atoms with Crippen molar-refractivity contribution in [1.82, 2.24) is 10.2 Å². The zero-order chi connectivity index (χ0) is 15.5. The molecule has 5 nitrogen and oxygen atoms in total. The molecule has 0 spiro atoms. The predicted octanol–water partition coefficient (Wildman–Crippen LogP) is 2.71. The van der Waals surface area contributed by atoms with Crippen LogP contribution in [0.5, 0.6) is 5.19 Å². The number of rotatable bonds is 4. The molecule has 0 saturated carbocycles. The van der Waals surface area contributed by atoms with Gasteiger partial charge in [-0.05, 0) is 24.3 Å². The summed E-state index contributed by atoms with van der Waals surface area (Å²) in [7, 11) is 0. The first-order valence-electron chi connectivity index (χ1n) is 5.43. The van der Waals surface area contributed by atoms with E-state index in [2.05, 4.69) is 15.5 Å². The number of hydrogen-bond donors (Lipinski definition) is 1. The fourth-order valence-electron chi connectivity index (χ4n) is 1.24. The van der Waals surface area contributed by atoms with E-state index in [9.17, 15) is 22.4 Å². The second-order valence-electron chi connectivity index (χ2n) is 3.71. The maximum absolute atomic E-state index is 12.6. The quantitative estimate of drug-likeness (QED) is 0.880. The highest BCUT2D eigenvalue weighted by Crippen LogP contribution is 2.33. The van der Waals surface area contributed by atoms with E-state index >= 15 is 0 Å². The van der Waals surface area contributed by atoms with Crippen molar-refractivity contribution in [2.24, 2.45) is 0 Å². The summed E-state index contributed by atoms with van der Waals surface area (Å²) in [6.45, 7) is -0.538. The highest BCUT2D eigenvalue weighted by atomic mass is 32.1. The lowest BCUT2D eigenvalue weighted by Crippen LogP contribution is -2.20. The van der Waals surface area contributed by atoms with Crippen molar-refractivity contribution in [3.63, 3.8) is 0 Å². The minimum absolute atomic E-state index is 0.191. The molecule has 0 aliphatic heterocycles. The van der Waals surface area contributed by atoms with Gasteiger partial charge in [0, 0.05) is 5.69 Å². The van der Waals surface area contributed by atoms with Crippen LogP contribution in [0, 0.1) is 5.82 Å². The van der Waals surface area contributed by atoms with Crippen molar-refractivity contribution in [1.29, 1.82) is 0 Å². The number of amides is 1. The zero-order valence-corrected chi connectivity index (χ0v) is 11.0. The Morgan fingerprint density at radius 2 is 1.90 bits per heavy atom. The maximum Gasteiger partial charge on any atom is 0.445 e. The zero-order valence-electron chi connectivity index (χ0n) is 10.1. The Kier molecular flexibility index (Phi) is 4.36. The molecule has 0 bridgehead atoms. The van der Waals surface area contributed by atoms with Crippen molar-refractivity contribution in [3.8, 4) is 5.19 Å². The van der Waals surface area contributed by atoms with Gasteiger partial charge in [-0.15, -0.1) is 5.10 Å². The number of aromatic nitrogens is 2. The summed E-state index contributed by atoms with van der Waals surface area (Å²) in [4.78, 5) is 11.5. The monoisotopic (exact) mass is 321 g/mol. The molecule has 0 aliphatic rings. The number of ether oxygens (including phenoxy) is 1. The first-order valence-corrected chi connectivity index (χ1v) is 6.25. The molecule has 1 N–H and O–H groups in total. The lowest BCUT2D eigenvalue weighted by molar-refractivity contribution is -0.138. The van der Waals surface area contributed by atoms with Crippen LogP contribution in [0.4, 0.5) is 23.2 Å². The Hall–Kier alpha value is -2.23. The van der Waals surface area contributed by atoms with Crippen LogP contribution in [0.2, 0.25) is 0 Å². The van der Waals surface area contributed by atoms with Crippen LogP contribution in [0.1, 0.15) is 5.01 Å². The van der Waals surface area contributed by atoms with Gasteiger partial charge in [-0.2, -0.15) is 13.2 Å². The molecule has 21 heavy (non-hydrogen) atoms. The van der Waals surface area contributed by atoms with Crippen molar-refractivity contribution >= 4 is 22.9 Å². The molecule has 0 atom stereocenters. The normalized spacial score (nSPS) is 11.2. The summed E-state index contributed by atoms with van der Waals surface area (Å²) in [5, 5.41) is 6.93. The van der Waals surface area contributed by atoms with Gasteiger partial charge in [-0.1, -0.05) is 16.4 Å². The molecule has 0 saturated heterocycles. The molecular weight excluding hydrogens is 314 g/mol. The molecule has 1 amide bonds. The van der Waals surface area contributed by atoms with Crippen LogP contribution in [0.15, 0.2) is 24.3 Å². The van der Waals surface area contributed by atoms with Crippen LogP contribution >= 0.6 is 11.3 Å². The van der Waals surface area contributed by atoms with E-state index in [1.807, 2.05) is 0 Å². The molecule has 0 fully saturated rings. The smallest absolute Gasteiger partial charge is 0.445 e. The number of halogens is 4. The van der Waals surface area contributed by atoms with Crippen molar-refractivity contribution in [2.45, 2.75) is 6.18 Å². The van der Waals surface area contributed by atoms with Gasteiger partial charge in [0.15, 0.2) is 6.61 Å². The molecule has 1 heterocycles. The summed E-state index contributed by atoms with van der Waals surface area (Å²) in [5.74, 6) is -1.08. The molecule has 10 heteroatoms. The summed E-state index contributed by atoms with van der Waals surface area (Å²) < 4.78 is 54.2. The number of benzene rings is 1. The number of carbonyl (C=O) groups is 1. The molecule has 0 radical (unpaired) electrons. The number of alkyl halides is 3. The Balaban J connectivity index is 1.86. The van der Waals surface area contributed by atoms with Crippen molar-refractivity contribution < 1.29 is 27.1 Å². The highest BCUT2D eigenvalue weighted by Gasteiger charge is 2.36. The average molecular weight is 321 g/mol. The number of nitrogens with zero attached hydrogens (tertiary/aromatic N) is 2. The van der Waals surface area contributed by atoms with Gasteiger partial charge in [-0.25, -0.2) is 4.39 Å². The van der Waals surface area contributed by atoms with Crippen molar-refractivity contribution in [3.05, 3.63) is 35.1 Å². The fraction of sp³-hybridized carbons (Fsp3) is 0.182. The van der Waals surface area contributed by atoms with Crippen LogP contribution in [0.25, 0.3) is 0 Å². The first-order chi connectivity index (χ1) is 9.84. The Morgan fingerprint density at radius 1 is 1.24 bits per heavy atom. The third-order valence-electron chi connectivity index (χ3n) is 2.10. The fourth-order valence-corrected chi connectivity index (χ4v) is 1.80. The highest BCUT2D eigenvalue weighted by molar-refractivity contribution is 7.13. The summed E-state index contributed by atoms with van der Waals surface area (Å²) in [6, 6.07) is 4.97. The minimum Gasteiger partial charge on any atom is -0.459 e. The van der Waals surface area contributed by atoms with E-state index in [0.29, 0.717) is 5.69 Å². The number of anilines is 1. The van der Waals surface area contributed by atoms with Crippen LogP contribution in [-0.2, 0) is 11.0 Å². The standard InChI is InChI=1S/C11H7F4N3O2S/c12-6-1-3-7(4-2-6)16-8(19)5-20-10-18-17-9(21-10)11(13,14)15/h1-4H,5H2,(H,16,19). The largest absolute Gasteiger partial charge is 0.459 e. The second-order valence-corrected chi connectivity index (χ2v) is 4.65. The van der Waals surface area contributed by atoms with E-state index in [1.54, 1.807) is 0 Å². The molecule has 2 aromatic rings. The Morgan fingerprint density at radius 3 is 2.48 bits per heavy atom. The topological polar surface area (TPSA) is 64.1 Å². The Labute approximate surface area is 119 Å². The van der Waals surface area contributed by atoms with Gasteiger partial charge in [0.25, 0.3) is 11.1 Å². The van der Waals surface area contributed by atoms with Crippen LogP contribution in [-0.4, -0.2) is 22.7 Å². The average Bonchev–Trinajstić information content (AvgIpc) is 2.88. The summed E-state index contributed by atoms with van der Waals surface area (Å²) in [6.07, 6.45) is -4.60. The lowest BCUT2D eigenvalue weighted by atomic mass is 10.3. The number of nitrogens with one attached hydrogen (secondary N) is 1. The predicted molar refractivity (Wildman–Crippen MR) is 65.4 cm³/mol. The molecule has 112 valence electrons. The van der Waals surface area contributed by atoms with Gasteiger partial charge >= 0.3 is 6.18 Å². The van der Waals surface area contributed by atoms with Gasteiger partial charge in [0.2, 0.25) is 5.01 Å². The van der Waals surface area contributed by atoms with E-state index in [-0.39, 0.29) is 16.5 Å². The molecular formula is C11H7F4N3O2S. The molecule has 0 aliphatic carbocycles. The number of hydrogen-bond acceptors (Lipinski definition) is 5. The third-order valence-corrected chi connectivity index (χ3v) is 2.98. The molecule has 0 unspecified atom stereocenters. The van der Waals surface area contributed by atoms with E-state index in [4.69, 9.17) is 4.74 Å². The Bertz CT molecular complexity index is 627. The van der Waals surface area contributed by atoms with E-state index in [0.717, 1.165) is 12.1 Å². The lowest BCUT2D eigenvalue weighted by Gasteiger charge is -2.04. The van der Waals surface area contributed by atoms with E-state index in [1.165, 1.54) is 12.1 Å². The van der Waals surface area contributed by atoms with Crippen LogP contribution in [0.3, 0.4) is 0 Å². The van der Waals surface area contributed by atoms with E-state index < -0.39 is 29.5 Å². The maximum atomic E-state index is 12.6. The van der Waals surface area contributed by atoms with Gasteiger partial charge in [0.1, 0.15) is 5.82 Å².